The first kappa shape index (κ1) is 22.2. The number of ether oxygens (including phenoxy) is 1. The minimum atomic E-state index is 0.0267. The smallest absolute Gasteiger partial charge is 0.279 e. The summed E-state index contributed by atoms with van der Waals surface area (Å²) in [6.45, 7) is 7.55. The molecule has 7 heteroatoms. The van der Waals surface area contributed by atoms with Gasteiger partial charge in [0.25, 0.3) is 5.91 Å². The zero-order valence-electron chi connectivity index (χ0n) is 17.7. The number of aryl methyl sites for hydroxylation is 1. The lowest BCUT2D eigenvalue weighted by Crippen LogP contribution is -3.28. The van der Waals surface area contributed by atoms with Gasteiger partial charge in [-0.15, -0.1) is 11.8 Å². The van der Waals surface area contributed by atoms with Crippen molar-refractivity contribution in [1.29, 1.82) is 5.26 Å². The highest BCUT2D eigenvalue weighted by atomic mass is 32.2. The summed E-state index contributed by atoms with van der Waals surface area (Å²) in [6.07, 6.45) is 0. The fraction of sp³-hybridized carbons (Fsp3) is 0.391. The molecule has 3 rings (SSSR count). The second-order valence-electron chi connectivity index (χ2n) is 7.66. The number of nitrogens with one attached hydrogen (secondary N) is 3. The first-order chi connectivity index (χ1) is 14.6. The van der Waals surface area contributed by atoms with E-state index < -0.39 is 0 Å². The molecule has 0 saturated carbocycles. The van der Waals surface area contributed by atoms with Gasteiger partial charge >= 0.3 is 0 Å². The molecule has 0 aromatic heterocycles. The molecule has 1 amide bonds. The molecule has 1 aliphatic heterocycles. The second kappa shape index (κ2) is 11.0. The van der Waals surface area contributed by atoms with Crippen molar-refractivity contribution in [2.24, 2.45) is 0 Å². The van der Waals surface area contributed by atoms with Crippen molar-refractivity contribution in [3.8, 4) is 11.8 Å². The summed E-state index contributed by atoms with van der Waals surface area (Å²) in [4.78, 5) is 16.3. The van der Waals surface area contributed by atoms with Crippen molar-refractivity contribution in [2.75, 3.05) is 50.9 Å². The van der Waals surface area contributed by atoms with Crippen LogP contribution in [0.3, 0.4) is 0 Å². The number of quaternary nitrogens is 2. The molecule has 0 radical (unpaired) electrons. The monoisotopic (exact) mass is 426 g/mol. The molecular formula is C23H30N4O2S+2. The summed E-state index contributed by atoms with van der Waals surface area (Å²) in [6, 6.07) is 16.1. The van der Waals surface area contributed by atoms with Crippen LogP contribution in [-0.4, -0.2) is 51.5 Å². The number of carbonyl (C=O) groups excluding carboxylic acids is 1. The van der Waals surface area contributed by atoms with E-state index in [4.69, 9.17) is 10.00 Å². The second-order valence-corrected chi connectivity index (χ2v) is 8.68. The van der Waals surface area contributed by atoms with Crippen LogP contribution in [0, 0.1) is 18.3 Å². The first-order valence-electron chi connectivity index (χ1n) is 10.3. The highest BCUT2D eigenvalue weighted by molar-refractivity contribution is 7.99. The Morgan fingerprint density at radius 3 is 2.63 bits per heavy atom. The largest absolute Gasteiger partial charge is 0.496 e. The van der Waals surface area contributed by atoms with E-state index in [-0.39, 0.29) is 5.91 Å². The van der Waals surface area contributed by atoms with E-state index in [2.05, 4.69) is 30.4 Å². The number of amides is 1. The standard InChI is InChI=1S/C23H28N4O2S/c1-18-7-8-21(29-2)19(15-18)16-26-10-12-27(13-11-26)17-23(28)25-20-5-3-4-6-22(20)30-14-9-24/h3-8,15H,10-14,16-17H2,1-2H3,(H,25,28)/p+2. The van der Waals surface area contributed by atoms with E-state index in [1.165, 1.54) is 32.7 Å². The molecule has 0 spiro atoms. The average Bonchev–Trinajstić information content (AvgIpc) is 2.75. The third-order valence-electron chi connectivity index (χ3n) is 5.40. The molecule has 0 bridgehead atoms. The minimum absolute atomic E-state index is 0.0267. The van der Waals surface area contributed by atoms with Crippen molar-refractivity contribution in [1.82, 2.24) is 0 Å². The predicted molar refractivity (Wildman–Crippen MR) is 119 cm³/mol. The Morgan fingerprint density at radius 1 is 1.17 bits per heavy atom. The van der Waals surface area contributed by atoms with Gasteiger partial charge in [0.15, 0.2) is 6.54 Å². The van der Waals surface area contributed by atoms with Crippen LogP contribution < -0.4 is 19.9 Å². The summed E-state index contributed by atoms with van der Waals surface area (Å²) in [5.41, 5.74) is 3.29. The molecule has 30 heavy (non-hydrogen) atoms. The van der Waals surface area contributed by atoms with Gasteiger partial charge in [-0.25, -0.2) is 0 Å². The van der Waals surface area contributed by atoms with Crippen LogP contribution in [0.15, 0.2) is 47.4 Å². The Morgan fingerprint density at radius 2 is 1.90 bits per heavy atom. The molecule has 158 valence electrons. The molecule has 0 atom stereocenters. The lowest BCUT2D eigenvalue weighted by atomic mass is 10.1. The number of piperazine rings is 1. The topological polar surface area (TPSA) is 71.0 Å². The Bertz CT molecular complexity index is 904. The van der Waals surface area contributed by atoms with Gasteiger partial charge in [0.2, 0.25) is 0 Å². The molecule has 6 nitrogen and oxygen atoms in total. The van der Waals surface area contributed by atoms with E-state index in [1.807, 2.05) is 30.3 Å². The zero-order valence-corrected chi connectivity index (χ0v) is 18.5. The zero-order chi connectivity index (χ0) is 21.3. The molecule has 1 heterocycles. The summed E-state index contributed by atoms with van der Waals surface area (Å²) >= 11 is 1.44. The Kier molecular flexibility index (Phi) is 8.14. The fourth-order valence-corrected chi connectivity index (χ4v) is 4.52. The van der Waals surface area contributed by atoms with Gasteiger partial charge in [0.1, 0.15) is 38.5 Å². The van der Waals surface area contributed by atoms with Crippen molar-refractivity contribution in [3.05, 3.63) is 53.6 Å². The maximum absolute atomic E-state index is 12.6. The number of nitriles is 1. The maximum atomic E-state index is 12.6. The lowest BCUT2D eigenvalue weighted by molar-refractivity contribution is -1.02. The van der Waals surface area contributed by atoms with E-state index in [9.17, 15) is 4.79 Å². The third kappa shape index (κ3) is 6.23. The number of hydrogen-bond acceptors (Lipinski definition) is 4. The summed E-state index contributed by atoms with van der Waals surface area (Å²) in [7, 11) is 1.72. The van der Waals surface area contributed by atoms with Crippen LogP contribution in [-0.2, 0) is 11.3 Å². The van der Waals surface area contributed by atoms with E-state index >= 15 is 0 Å². The van der Waals surface area contributed by atoms with Crippen LogP contribution in [0.5, 0.6) is 5.75 Å². The molecule has 1 fully saturated rings. The van der Waals surface area contributed by atoms with Gasteiger partial charge < -0.3 is 19.9 Å². The van der Waals surface area contributed by atoms with Crippen LogP contribution in [0.2, 0.25) is 0 Å². The highest BCUT2D eigenvalue weighted by Crippen LogP contribution is 2.26. The Balaban J connectivity index is 1.49. The number of carbonyl (C=O) groups is 1. The average molecular weight is 427 g/mol. The van der Waals surface area contributed by atoms with Crippen LogP contribution in [0.4, 0.5) is 5.69 Å². The van der Waals surface area contributed by atoms with Crippen molar-refractivity contribution in [2.45, 2.75) is 18.4 Å². The summed E-state index contributed by atoms with van der Waals surface area (Å²) in [5.74, 6) is 1.35. The van der Waals surface area contributed by atoms with Crippen molar-refractivity contribution >= 4 is 23.4 Å². The minimum Gasteiger partial charge on any atom is -0.496 e. The fourth-order valence-electron chi connectivity index (χ4n) is 3.85. The van der Waals surface area contributed by atoms with E-state index in [0.29, 0.717) is 12.3 Å². The Labute approximate surface area is 182 Å². The van der Waals surface area contributed by atoms with E-state index in [1.54, 1.807) is 7.11 Å². The number of rotatable bonds is 8. The van der Waals surface area contributed by atoms with Crippen LogP contribution >= 0.6 is 11.8 Å². The molecule has 1 aliphatic rings. The third-order valence-corrected chi connectivity index (χ3v) is 6.34. The predicted octanol–water partition coefficient (Wildman–Crippen LogP) is 0.541. The SMILES string of the molecule is COc1ccc(C)cc1C[NH+]1CC[NH+](CC(=O)Nc2ccccc2SCC#N)CC1. The number of thioether (sulfide) groups is 1. The molecule has 2 aromatic carbocycles. The quantitative estimate of drug-likeness (QED) is 0.539. The molecular weight excluding hydrogens is 396 g/mol. The van der Waals surface area contributed by atoms with Gasteiger partial charge in [-0.3, -0.25) is 4.79 Å². The lowest BCUT2D eigenvalue weighted by Gasteiger charge is -2.29. The number of anilines is 1. The summed E-state index contributed by atoms with van der Waals surface area (Å²) < 4.78 is 5.52. The molecule has 3 N–H and O–H groups in total. The maximum Gasteiger partial charge on any atom is 0.279 e. The molecule has 0 aliphatic carbocycles. The van der Waals surface area contributed by atoms with Gasteiger partial charge in [-0.1, -0.05) is 23.8 Å². The van der Waals surface area contributed by atoms with Gasteiger partial charge in [-0.05, 0) is 31.2 Å². The van der Waals surface area contributed by atoms with Crippen molar-refractivity contribution < 1.29 is 19.3 Å². The van der Waals surface area contributed by atoms with E-state index in [0.717, 1.165) is 49.1 Å². The number of para-hydroxylation sites is 1. The number of methoxy groups -OCH3 is 1. The highest BCUT2D eigenvalue weighted by Gasteiger charge is 2.26. The molecule has 2 aromatic rings. The van der Waals surface area contributed by atoms with Gasteiger partial charge in [0, 0.05) is 10.5 Å². The van der Waals surface area contributed by atoms with Gasteiger partial charge in [-0.2, -0.15) is 5.26 Å². The summed E-state index contributed by atoms with van der Waals surface area (Å²) in [5, 5.41) is 11.8. The number of hydrogen-bond donors (Lipinski definition) is 3. The van der Waals surface area contributed by atoms with Crippen LogP contribution in [0.25, 0.3) is 0 Å². The molecule has 1 saturated heterocycles. The Hall–Kier alpha value is -2.53. The van der Waals surface area contributed by atoms with Crippen molar-refractivity contribution in [3.63, 3.8) is 0 Å². The normalized spacial score (nSPS) is 18.4. The first-order valence-corrected chi connectivity index (χ1v) is 11.3. The number of benzene rings is 2. The molecule has 0 unspecified atom stereocenters. The van der Waals surface area contributed by atoms with Gasteiger partial charge in [0.05, 0.1) is 24.6 Å². The van der Waals surface area contributed by atoms with Crippen LogP contribution in [0.1, 0.15) is 11.1 Å². The number of nitrogens with zero attached hydrogens (tertiary/aromatic N) is 1.